The molecule has 2 aliphatic heterocycles. The van der Waals surface area contributed by atoms with Gasteiger partial charge in [0, 0.05) is 32.7 Å². The van der Waals surface area contributed by atoms with Crippen molar-refractivity contribution in [2.75, 3.05) is 31.9 Å². The molecule has 1 amide bonds. The van der Waals surface area contributed by atoms with Gasteiger partial charge in [0.25, 0.3) is 5.91 Å². The normalized spacial score (nSPS) is 19.5. The molecular formula is C16H26N4O3S. The van der Waals surface area contributed by atoms with Gasteiger partial charge in [0.05, 0.1) is 23.2 Å². The zero-order valence-electron chi connectivity index (χ0n) is 14.4. The van der Waals surface area contributed by atoms with Gasteiger partial charge in [-0.15, -0.1) is 0 Å². The largest absolute Gasteiger partial charge is 0.336 e. The highest BCUT2D eigenvalue weighted by Gasteiger charge is 2.31. The van der Waals surface area contributed by atoms with Crippen LogP contribution in [0.3, 0.4) is 0 Å². The highest BCUT2D eigenvalue weighted by molar-refractivity contribution is 7.89. The Labute approximate surface area is 143 Å². The molecule has 0 aliphatic carbocycles. The van der Waals surface area contributed by atoms with E-state index in [1.165, 1.54) is 4.31 Å². The van der Waals surface area contributed by atoms with Crippen molar-refractivity contribution in [2.24, 2.45) is 5.92 Å². The Balaban J connectivity index is 1.65. The van der Waals surface area contributed by atoms with Crippen LogP contribution in [0.15, 0.2) is 6.20 Å². The Bertz CT molecular complexity index is 703. The Morgan fingerprint density at radius 2 is 1.88 bits per heavy atom. The molecule has 0 saturated carbocycles. The zero-order valence-corrected chi connectivity index (χ0v) is 15.3. The van der Waals surface area contributed by atoms with Gasteiger partial charge >= 0.3 is 0 Å². The molecule has 1 fully saturated rings. The van der Waals surface area contributed by atoms with Crippen LogP contribution in [0.2, 0.25) is 0 Å². The highest BCUT2D eigenvalue weighted by atomic mass is 32.2. The molecule has 2 aliphatic rings. The van der Waals surface area contributed by atoms with Crippen LogP contribution in [0.4, 0.5) is 0 Å². The van der Waals surface area contributed by atoms with Crippen molar-refractivity contribution in [3.63, 3.8) is 0 Å². The van der Waals surface area contributed by atoms with E-state index in [0.29, 0.717) is 31.7 Å². The first kappa shape index (κ1) is 17.4. The van der Waals surface area contributed by atoms with E-state index in [-0.39, 0.29) is 17.6 Å². The molecular weight excluding hydrogens is 328 g/mol. The van der Waals surface area contributed by atoms with Crippen LogP contribution >= 0.6 is 0 Å². The minimum atomic E-state index is -3.22. The standard InChI is InChI=1S/C16H26N4O3S/c1-13(2)12-24(22,23)19-9-7-18(8-10-19)16(21)14-11-17-20-6-4-3-5-15(14)20/h11,13H,3-10,12H2,1-2H3. The molecule has 1 saturated heterocycles. The van der Waals surface area contributed by atoms with Crippen LogP contribution in [0, 0.1) is 5.92 Å². The van der Waals surface area contributed by atoms with Crippen LogP contribution in [0.5, 0.6) is 0 Å². The van der Waals surface area contributed by atoms with E-state index in [4.69, 9.17) is 0 Å². The average Bonchev–Trinajstić information content (AvgIpc) is 2.97. The average molecular weight is 354 g/mol. The Morgan fingerprint density at radius 1 is 1.17 bits per heavy atom. The number of sulfonamides is 1. The molecule has 0 radical (unpaired) electrons. The molecule has 0 bridgehead atoms. The summed E-state index contributed by atoms with van der Waals surface area (Å²) >= 11 is 0. The van der Waals surface area contributed by atoms with Crippen LogP contribution in [0.25, 0.3) is 0 Å². The molecule has 24 heavy (non-hydrogen) atoms. The minimum Gasteiger partial charge on any atom is -0.336 e. The topological polar surface area (TPSA) is 75.5 Å². The number of piperazine rings is 1. The molecule has 7 nitrogen and oxygen atoms in total. The molecule has 1 aromatic heterocycles. The molecule has 0 atom stereocenters. The van der Waals surface area contributed by atoms with Crippen LogP contribution in [0.1, 0.15) is 42.7 Å². The van der Waals surface area contributed by atoms with Crippen molar-refractivity contribution in [2.45, 2.75) is 39.7 Å². The first-order valence-electron chi connectivity index (χ1n) is 8.70. The third-order valence-corrected chi connectivity index (χ3v) is 6.92. The van der Waals surface area contributed by atoms with Gasteiger partial charge in [-0.1, -0.05) is 13.8 Å². The lowest BCUT2D eigenvalue weighted by atomic mass is 10.1. The van der Waals surface area contributed by atoms with Gasteiger partial charge in [0.1, 0.15) is 0 Å². The first-order chi connectivity index (χ1) is 11.4. The molecule has 0 aromatic carbocycles. The van der Waals surface area contributed by atoms with Crippen molar-refractivity contribution in [3.05, 3.63) is 17.5 Å². The monoisotopic (exact) mass is 354 g/mol. The summed E-state index contributed by atoms with van der Waals surface area (Å²) in [5.74, 6) is 0.255. The summed E-state index contributed by atoms with van der Waals surface area (Å²) in [6.07, 6.45) is 4.76. The lowest BCUT2D eigenvalue weighted by Crippen LogP contribution is -2.51. The van der Waals surface area contributed by atoms with Crippen molar-refractivity contribution in [1.82, 2.24) is 19.0 Å². The molecule has 0 unspecified atom stereocenters. The maximum absolute atomic E-state index is 12.8. The number of amides is 1. The molecule has 134 valence electrons. The molecule has 1 aromatic rings. The van der Waals surface area contributed by atoms with E-state index >= 15 is 0 Å². The molecule has 3 rings (SSSR count). The lowest BCUT2D eigenvalue weighted by molar-refractivity contribution is 0.0696. The van der Waals surface area contributed by atoms with Crippen molar-refractivity contribution >= 4 is 15.9 Å². The third-order valence-electron chi connectivity index (χ3n) is 4.68. The summed E-state index contributed by atoms with van der Waals surface area (Å²) in [7, 11) is -3.22. The summed E-state index contributed by atoms with van der Waals surface area (Å²) in [6, 6.07) is 0. The van der Waals surface area contributed by atoms with Crippen molar-refractivity contribution < 1.29 is 13.2 Å². The number of aryl methyl sites for hydroxylation is 1. The molecule has 0 N–H and O–H groups in total. The lowest BCUT2D eigenvalue weighted by Gasteiger charge is -2.34. The highest BCUT2D eigenvalue weighted by Crippen LogP contribution is 2.20. The van der Waals surface area contributed by atoms with Gasteiger partial charge in [0.15, 0.2) is 0 Å². The van der Waals surface area contributed by atoms with Crippen molar-refractivity contribution in [3.8, 4) is 0 Å². The van der Waals surface area contributed by atoms with Gasteiger partial charge in [-0.25, -0.2) is 8.42 Å². The number of nitrogens with zero attached hydrogens (tertiary/aromatic N) is 4. The fraction of sp³-hybridized carbons (Fsp3) is 0.750. The van der Waals surface area contributed by atoms with Gasteiger partial charge in [-0.2, -0.15) is 9.40 Å². The maximum Gasteiger partial charge on any atom is 0.257 e. The summed E-state index contributed by atoms with van der Waals surface area (Å²) in [5, 5.41) is 4.32. The zero-order chi connectivity index (χ0) is 17.3. The number of hydrogen-bond acceptors (Lipinski definition) is 4. The van der Waals surface area contributed by atoms with E-state index in [1.807, 2.05) is 18.5 Å². The number of rotatable bonds is 4. The van der Waals surface area contributed by atoms with E-state index in [2.05, 4.69) is 5.10 Å². The number of carbonyl (C=O) groups excluding carboxylic acids is 1. The SMILES string of the molecule is CC(C)CS(=O)(=O)N1CCN(C(=O)c2cnn3c2CCCC3)CC1. The number of fused-ring (bicyclic) bond motifs is 1. The van der Waals surface area contributed by atoms with Gasteiger partial charge in [0.2, 0.25) is 10.0 Å². The summed E-state index contributed by atoms with van der Waals surface area (Å²) in [6.45, 7) is 6.33. The summed E-state index contributed by atoms with van der Waals surface area (Å²) < 4.78 is 28.1. The molecule has 3 heterocycles. The van der Waals surface area contributed by atoms with Crippen LogP contribution < -0.4 is 0 Å². The van der Waals surface area contributed by atoms with Crippen LogP contribution in [-0.4, -0.2) is 65.2 Å². The van der Waals surface area contributed by atoms with Crippen molar-refractivity contribution in [1.29, 1.82) is 0 Å². The maximum atomic E-state index is 12.8. The number of hydrogen-bond donors (Lipinski definition) is 0. The minimum absolute atomic E-state index is 0.0148. The fourth-order valence-electron chi connectivity index (χ4n) is 3.47. The summed E-state index contributed by atoms with van der Waals surface area (Å²) in [5.41, 5.74) is 1.72. The summed E-state index contributed by atoms with van der Waals surface area (Å²) in [4.78, 5) is 14.5. The Hall–Kier alpha value is -1.41. The van der Waals surface area contributed by atoms with Crippen LogP contribution in [-0.2, 0) is 23.0 Å². The molecule has 0 spiro atoms. The fourth-order valence-corrected chi connectivity index (χ4v) is 5.24. The Morgan fingerprint density at radius 3 is 2.54 bits per heavy atom. The first-order valence-corrected chi connectivity index (χ1v) is 10.3. The Kier molecular flexibility index (Phi) is 4.96. The second kappa shape index (κ2) is 6.84. The van der Waals surface area contributed by atoms with Gasteiger partial charge < -0.3 is 4.90 Å². The quantitative estimate of drug-likeness (QED) is 0.807. The number of aromatic nitrogens is 2. The van der Waals surface area contributed by atoms with E-state index < -0.39 is 10.0 Å². The van der Waals surface area contributed by atoms with E-state index in [9.17, 15) is 13.2 Å². The number of carbonyl (C=O) groups is 1. The predicted octanol–water partition coefficient (Wildman–Crippen LogP) is 0.963. The van der Waals surface area contributed by atoms with Gasteiger partial charge in [-0.3, -0.25) is 9.48 Å². The third kappa shape index (κ3) is 3.49. The van der Waals surface area contributed by atoms with E-state index in [1.54, 1.807) is 11.1 Å². The van der Waals surface area contributed by atoms with E-state index in [0.717, 1.165) is 31.5 Å². The molecule has 8 heteroatoms. The second-order valence-corrected chi connectivity index (χ2v) is 9.06. The smallest absolute Gasteiger partial charge is 0.257 e. The predicted molar refractivity (Wildman–Crippen MR) is 91.3 cm³/mol. The van der Waals surface area contributed by atoms with Gasteiger partial charge in [-0.05, 0) is 25.2 Å². The second-order valence-electron chi connectivity index (χ2n) is 7.05.